The highest BCUT2D eigenvalue weighted by molar-refractivity contribution is 7.91. The maximum Gasteiger partial charge on any atom is 0.274 e. The average molecular weight is 418 g/mol. The van der Waals surface area contributed by atoms with Crippen molar-refractivity contribution < 1.29 is 13.4 Å². The van der Waals surface area contributed by atoms with Crippen molar-refractivity contribution in [1.82, 2.24) is 14.5 Å². The molecule has 8 nitrogen and oxygen atoms in total. The third-order valence-electron chi connectivity index (χ3n) is 5.01. The summed E-state index contributed by atoms with van der Waals surface area (Å²) >= 11 is 0. The van der Waals surface area contributed by atoms with Crippen molar-refractivity contribution in [3.63, 3.8) is 0 Å². The van der Waals surface area contributed by atoms with Gasteiger partial charge in [-0.25, -0.2) is 17.7 Å². The summed E-state index contributed by atoms with van der Waals surface area (Å²) in [7, 11) is 0.0999. The lowest BCUT2D eigenvalue weighted by molar-refractivity contribution is 0.101. The molecule has 1 amide bonds. The molecule has 154 valence electrons. The monoisotopic (exact) mass is 418 g/mol. The number of amides is 1. The quantitative estimate of drug-likeness (QED) is 0.798. The lowest BCUT2D eigenvalue weighted by Gasteiger charge is -2.20. The van der Waals surface area contributed by atoms with Crippen molar-refractivity contribution in [2.45, 2.75) is 37.8 Å². The summed E-state index contributed by atoms with van der Waals surface area (Å²) in [6.45, 7) is 4.07. The van der Waals surface area contributed by atoms with Gasteiger partial charge in [0.15, 0.2) is 14.9 Å². The van der Waals surface area contributed by atoms with E-state index in [-0.39, 0.29) is 33.9 Å². The first-order chi connectivity index (χ1) is 13.7. The smallest absolute Gasteiger partial charge is 0.274 e. The van der Waals surface area contributed by atoms with Gasteiger partial charge in [0, 0.05) is 31.4 Å². The number of hydrogen-bond donors (Lipinski definition) is 2. The first-order valence-corrected chi connectivity index (χ1v) is 10.7. The predicted molar refractivity (Wildman–Crippen MR) is 107 cm³/mol. The average Bonchev–Trinajstić information content (AvgIpc) is 2.95. The van der Waals surface area contributed by atoms with Crippen LogP contribution in [0.25, 0.3) is 0 Å². The fourth-order valence-corrected chi connectivity index (χ4v) is 5.34. The van der Waals surface area contributed by atoms with Gasteiger partial charge in [0.2, 0.25) is 0 Å². The Kier molecular flexibility index (Phi) is 5.73. The number of nitrogens with one attached hydrogen (secondary N) is 2. The van der Waals surface area contributed by atoms with Crippen LogP contribution < -0.4 is 10.0 Å². The molecule has 0 spiro atoms. The first-order valence-electron chi connectivity index (χ1n) is 9.19. The van der Waals surface area contributed by atoms with Gasteiger partial charge in [-0.15, -0.1) is 0 Å². The van der Waals surface area contributed by atoms with Crippen LogP contribution in [0.4, 0.5) is 10.1 Å². The molecule has 2 heterocycles. The van der Waals surface area contributed by atoms with Crippen LogP contribution in [0.1, 0.15) is 41.9 Å². The molecule has 1 unspecified atom stereocenters. The van der Waals surface area contributed by atoms with Crippen LogP contribution in [-0.2, 0) is 23.4 Å². The standard InChI is InChI=1S/C19H23FN6O2S/c1-11(2)16-8-6-14-17(26(4)24-19(14)29(28,22-3)25-16)18(27)23-13-5-7-15(20)12(9-13)10-21/h5,7,9,11,16H,6,8H2,1-4H3,(H,23,27)(H,22,25,28)/t16-,29?/m1/s1. The lowest BCUT2D eigenvalue weighted by atomic mass is 9.97. The second-order valence-corrected chi connectivity index (χ2v) is 9.27. The van der Waals surface area contributed by atoms with Crippen LogP contribution in [0.2, 0.25) is 0 Å². The third-order valence-corrected chi connectivity index (χ3v) is 7.00. The highest BCUT2D eigenvalue weighted by Gasteiger charge is 2.34. The minimum Gasteiger partial charge on any atom is -0.321 e. The largest absolute Gasteiger partial charge is 0.321 e. The Labute approximate surface area is 169 Å². The molecule has 0 radical (unpaired) electrons. The van der Waals surface area contributed by atoms with Crippen LogP contribution >= 0.6 is 0 Å². The number of anilines is 1. The van der Waals surface area contributed by atoms with E-state index in [9.17, 15) is 13.4 Å². The summed E-state index contributed by atoms with van der Waals surface area (Å²) in [5.41, 5.74) is 0.975. The maximum atomic E-state index is 13.5. The van der Waals surface area contributed by atoms with Gasteiger partial charge in [-0.3, -0.25) is 9.48 Å². The lowest BCUT2D eigenvalue weighted by Crippen LogP contribution is -2.37. The third kappa shape index (κ3) is 3.88. The molecule has 2 atom stereocenters. The normalized spacial score (nSPS) is 21.2. The van der Waals surface area contributed by atoms with Crippen molar-refractivity contribution in [1.29, 1.82) is 5.26 Å². The molecular weight excluding hydrogens is 395 g/mol. The Hall–Kier alpha value is -2.77. The Morgan fingerprint density at radius 2 is 2.24 bits per heavy atom. The first kappa shape index (κ1) is 21.0. The number of rotatable bonds is 3. The Balaban J connectivity index is 2.02. The molecule has 3 rings (SSSR count). The molecule has 29 heavy (non-hydrogen) atoms. The second kappa shape index (κ2) is 7.93. The molecule has 0 fully saturated rings. The molecule has 2 N–H and O–H groups in total. The van der Waals surface area contributed by atoms with E-state index >= 15 is 0 Å². The summed E-state index contributed by atoms with van der Waals surface area (Å²) in [4.78, 5) is 13.0. The van der Waals surface area contributed by atoms with Crippen molar-refractivity contribution in [3.05, 3.63) is 40.8 Å². The summed E-state index contributed by atoms with van der Waals surface area (Å²) < 4.78 is 35.6. The highest BCUT2D eigenvalue weighted by Crippen LogP contribution is 2.28. The van der Waals surface area contributed by atoms with Crippen molar-refractivity contribution >= 4 is 21.5 Å². The SMILES string of the molecule is CN=S1(=O)N[C@@H](C(C)C)CCc2c1nn(C)c2C(=O)Nc1ccc(F)c(C#N)c1. The Morgan fingerprint density at radius 3 is 2.86 bits per heavy atom. The second-order valence-electron chi connectivity index (χ2n) is 7.23. The molecule has 1 aliphatic rings. The summed E-state index contributed by atoms with van der Waals surface area (Å²) in [6, 6.07) is 5.48. The van der Waals surface area contributed by atoms with E-state index < -0.39 is 21.6 Å². The highest BCUT2D eigenvalue weighted by atomic mass is 32.2. The number of benzene rings is 1. The summed E-state index contributed by atoms with van der Waals surface area (Å²) in [5, 5.41) is 16.3. The molecular formula is C19H23FN6O2S. The molecule has 0 aliphatic carbocycles. The number of carbonyl (C=O) groups excluding carboxylic acids is 1. The molecule has 1 aliphatic heterocycles. The number of aryl methyl sites for hydroxylation is 1. The van der Waals surface area contributed by atoms with Crippen LogP contribution in [0.3, 0.4) is 0 Å². The summed E-state index contributed by atoms with van der Waals surface area (Å²) in [6.07, 6.45) is 1.19. The van der Waals surface area contributed by atoms with E-state index in [1.54, 1.807) is 13.1 Å². The number of nitrogens with zero attached hydrogens (tertiary/aromatic N) is 4. The molecule has 0 saturated heterocycles. The van der Waals surface area contributed by atoms with Gasteiger partial charge in [0.1, 0.15) is 17.6 Å². The predicted octanol–water partition coefficient (Wildman–Crippen LogP) is 2.62. The fraction of sp³-hybridized carbons (Fsp3) is 0.421. The van der Waals surface area contributed by atoms with Crippen LogP contribution in [-0.4, -0.2) is 33.0 Å². The van der Waals surface area contributed by atoms with Gasteiger partial charge in [-0.1, -0.05) is 13.8 Å². The van der Waals surface area contributed by atoms with Gasteiger partial charge >= 0.3 is 0 Å². The van der Waals surface area contributed by atoms with Crippen molar-refractivity contribution in [2.24, 2.45) is 17.3 Å². The maximum absolute atomic E-state index is 13.5. The van der Waals surface area contributed by atoms with E-state index in [2.05, 4.69) is 19.5 Å². The molecule has 1 aromatic heterocycles. The molecule has 0 bridgehead atoms. The van der Waals surface area contributed by atoms with Gasteiger partial charge in [-0.2, -0.15) is 10.4 Å². The van der Waals surface area contributed by atoms with Gasteiger partial charge in [0.05, 0.1) is 5.56 Å². The van der Waals surface area contributed by atoms with E-state index in [0.29, 0.717) is 18.4 Å². The van der Waals surface area contributed by atoms with E-state index in [1.165, 1.54) is 23.9 Å². The van der Waals surface area contributed by atoms with Crippen molar-refractivity contribution in [2.75, 3.05) is 12.4 Å². The van der Waals surface area contributed by atoms with Crippen molar-refractivity contribution in [3.8, 4) is 6.07 Å². The molecule has 2 aromatic rings. The number of nitriles is 1. The summed E-state index contributed by atoms with van der Waals surface area (Å²) in [5.74, 6) is -0.899. The molecule has 10 heteroatoms. The van der Waals surface area contributed by atoms with Crippen LogP contribution in [0, 0.1) is 23.1 Å². The van der Waals surface area contributed by atoms with Crippen LogP contribution in [0.15, 0.2) is 27.6 Å². The number of aromatic nitrogens is 2. The number of halogens is 1. The number of carbonyl (C=O) groups is 1. The van der Waals surface area contributed by atoms with E-state index in [1.807, 2.05) is 13.8 Å². The Morgan fingerprint density at radius 1 is 1.52 bits per heavy atom. The topological polar surface area (TPSA) is 112 Å². The minimum absolute atomic E-state index is 0.0306. The van der Waals surface area contributed by atoms with E-state index in [4.69, 9.17) is 5.26 Å². The number of hydrogen-bond acceptors (Lipinski definition) is 5. The zero-order valence-electron chi connectivity index (χ0n) is 16.7. The molecule has 0 saturated carbocycles. The van der Waals surface area contributed by atoms with Gasteiger partial charge in [-0.05, 0) is 37.0 Å². The van der Waals surface area contributed by atoms with E-state index in [0.717, 1.165) is 6.07 Å². The van der Waals surface area contributed by atoms with Crippen LogP contribution in [0.5, 0.6) is 0 Å². The van der Waals surface area contributed by atoms with Gasteiger partial charge in [0.25, 0.3) is 5.91 Å². The zero-order chi connectivity index (χ0) is 21.3. The minimum atomic E-state index is -2.97. The number of fused-ring (bicyclic) bond motifs is 1. The van der Waals surface area contributed by atoms with Gasteiger partial charge < -0.3 is 5.32 Å². The Bertz CT molecular complexity index is 1120. The molecule has 1 aromatic carbocycles. The zero-order valence-corrected chi connectivity index (χ0v) is 17.5. The fourth-order valence-electron chi connectivity index (χ4n) is 3.38.